The molecule has 0 fully saturated rings. The Bertz CT molecular complexity index is 391. The second-order valence-corrected chi connectivity index (χ2v) is 5.33. The highest BCUT2D eigenvalue weighted by Gasteiger charge is 2.15. The number of carbonyl (C=O) groups is 1. The maximum Gasteiger partial charge on any atom is 0.309 e. The summed E-state index contributed by atoms with van der Waals surface area (Å²) < 4.78 is 5.48. The van der Waals surface area contributed by atoms with Crippen molar-refractivity contribution in [2.75, 3.05) is 6.61 Å². The van der Waals surface area contributed by atoms with E-state index in [1.807, 2.05) is 24.3 Å². The standard InChI is InChI=1S/C14H20O3/c1-10(13(15)16)9-17-12-7-5-6-11(8-12)14(2,3)4/h5-8,10H,9H2,1-4H3,(H,15,16). The molecule has 1 atom stereocenters. The van der Waals surface area contributed by atoms with Crippen LogP contribution in [-0.4, -0.2) is 17.7 Å². The van der Waals surface area contributed by atoms with Gasteiger partial charge >= 0.3 is 5.97 Å². The summed E-state index contributed by atoms with van der Waals surface area (Å²) in [4.78, 5) is 10.7. The molecule has 0 heterocycles. The first-order chi connectivity index (χ1) is 7.80. The fraction of sp³-hybridized carbons (Fsp3) is 0.500. The van der Waals surface area contributed by atoms with Crippen molar-refractivity contribution in [1.29, 1.82) is 0 Å². The van der Waals surface area contributed by atoms with Gasteiger partial charge in [-0.3, -0.25) is 4.79 Å². The van der Waals surface area contributed by atoms with Crippen molar-refractivity contribution in [3.05, 3.63) is 29.8 Å². The highest BCUT2D eigenvalue weighted by atomic mass is 16.5. The van der Waals surface area contributed by atoms with Gasteiger partial charge in [-0.1, -0.05) is 32.9 Å². The van der Waals surface area contributed by atoms with E-state index in [1.165, 1.54) is 5.56 Å². The first-order valence-corrected chi connectivity index (χ1v) is 5.77. The summed E-state index contributed by atoms with van der Waals surface area (Å²) in [5.74, 6) is -0.601. The molecule has 3 heteroatoms. The molecule has 1 aromatic rings. The molecule has 94 valence electrons. The third-order valence-corrected chi connectivity index (χ3v) is 2.62. The molecule has 0 aliphatic rings. The molecule has 0 spiro atoms. The van der Waals surface area contributed by atoms with Crippen LogP contribution >= 0.6 is 0 Å². The minimum Gasteiger partial charge on any atom is -0.493 e. The van der Waals surface area contributed by atoms with Crippen molar-refractivity contribution in [2.24, 2.45) is 5.92 Å². The van der Waals surface area contributed by atoms with Crippen LogP contribution in [0.5, 0.6) is 5.75 Å². The average molecular weight is 236 g/mol. The molecular weight excluding hydrogens is 216 g/mol. The Morgan fingerprint density at radius 1 is 1.41 bits per heavy atom. The summed E-state index contributed by atoms with van der Waals surface area (Å²) in [6, 6.07) is 7.80. The third-order valence-electron chi connectivity index (χ3n) is 2.62. The van der Waals surface area contributed by atoms with Gasteiger partial charge in [0.25, 0.3) is 0 Å². The molecule has 0 bridgehead atoms. The van der Waals surface area contributed by atoms with Crippen LogP contribution in [0.4, 0.5) is 0 Å². The van der Waals surface area contributed by atoms with Crippen LogP contribution in [0.15, 0.2) is 24.3 Å². The van der Waals surface area contributed by atoms with Crippen LogP contribution in [0.25, 0.3) is 0 Å². The zero-order chi connectivity index (χ0) is 13.1. The van der Waals surface area contributed by atoms with Gasteiger partial charge in [0.1, 0.15) is 12.4 Å². The molecule has 0 aliphatic carbocycles. The smallest absolute Gasteiger partial charge is 0.309 e. The Morgan fingerprint density at radius 3 is 2.59 bits per heavy atom. The molecule has 1 rings (SSSR count). The number of hydrogen-bond acceptors (Lipinski definition) is 2. The number of carboxylic acid groups (broad SMARTS) is 1. The number of aliphatic carboxylic acids is 1. The van der Waals surface area contributed by atoms with Crippen molar-refractivity contribution in [1.82, 2.24) is 0 Å². The lowest BCUT2D eigenvalue weighted by molar-refractivity contribution is -0.142. The minimum atomic E-state index is -0.836. The highest BCUT2D eigenvalue weighted by Crippen LogP contribution is 2.25. The molecule has 1 N–H and O–H groups in total. The van der Waals surface area contributed by atoms with Gasteiger partial charge in [-0.25, -0.2) is 0 Å². The number of benzene rings is 1. The van der Waals surface area contributed by atoms with E-state index >= 15 is 0 Å². The Morgan fingerprint density at radius 2 is 2.06 bits per heavy atom. The van der Waals surface area contributed by atoms with Crippen molar-refractivity contribution >= 4 is 5.97 Å². The van der Waals surface area contributed by atoms with E-state index in [0.29, 0.717) is 0 Å². The molecule has 0 aliphatic heterocycles. The van der Waals surface area contributed by atoms with Gasteiger partial charge in [0.2, 0.25) is 0 Å². The topological polar surface area (TPSA) is 46.5 Å². The first-order valence-electron chi connectivity index (χ1n) is 5.77. The molecule has 0 saturated carbocycles. The lowest BCUT2D eigenvalue weighted by Crippen LogP contribution is -2.18. The molecular formula is C14H20O3. The van der Waals surface area contributed by atoms with Crippen LogP contribution in [0.3, 0.4) is 0 Å². The number of carboxylic acids is 1. The van der Waals surface area contributed by atoms with E-state index in [9.17, 15) is 4.79 Å². The zero-order valence-corrected chi connectivity index (χ0v) is 10.9. The predicted molar refractivity (Wildman–Crippen MR) is 67.4 cm³/mol. The Balaban J connectivity index is 2.70. The average Bonchev–Trinajstić information content (AvgIpc) is 2.25. The van der Waals surface area contributed by atoms with Crippen LogP contribution in [0, 0.1) is 5.92 Å². The van der Waals surface area contributed by atoms with Crippen LogP contribution < -0.4 is 4.74 Å². The SMILES string of the molecule is CC(COc1cccc(C(C)(C)C)c1)C(=O)O. The number of hydrogen-bond donors (Lipinski definition) is 1. The summed E-state index contributed by atoms with van der Waals surface area (Å²) in [6.07, 6.45) is 0. The van der Waals surface area contributed by atoms with E-state index in [4.69, 9.17) is 9.84 Å². The fourth-order valence-electron chi connectivity index (χ4n) is 1.34. The molecule has 0 amide bonds. The first kappa shape index (κ1) is 13.6. The molecule has 1 unspecified atom stereocenters. The maximum atomic E-state index is 10.7. The van der Waals surface area contributed by atoms with Crippen molar-refractivity contribution < 1.29 is 14.6 Å². The van der Waals surface area contributed by atoms with E-state index in [0.717, 1.165) is 5.75 Å². The second-order valence-electron chi connectivity index (χ2n) is 5.33. The highest BCUT2D eigenvalue weighted by molar-refractivity contribution is 5.69. The summed E-state index contributed by atoms with van der Waals surface area (Å²) in [5.41, 5.74) is 1.25. The van der Waals surface area contributed by atoms with Gasteiger partial charge in [-0.2, -0.15) is 0 Å². The fourth-order valence-corrected chi connectivity index (χ4v) is 1.34. The molecule has 3 nitrogen and oxygen atoms in total. The molecule has 1 aromatic carbocycles. The van der Waals surface area contributed by atoms with E-state index in [2.05, 4.69) is 20.8 Å². The Labute approximate surface area is 102 Å². The van der Waals surface area contributed by atoms with E-state index in [-0.39, 0.29) is 12.0 Å². The number of rotatable bonds is 4. The molecule has 17 heavy (non-hydrogen) atoms. The minimum absolute atomic E-state index is 0.0672. The molecule has 0 radical (unpaired) electrons. The van der Waals surface area contributed by atoms with Crippen LogP contribution in [0.1, 0.15) is 33.3 Å². The Kier molecular flexibility index (Phi) is 4.16. The van der Waals surface area contributed by atoms with Gasteiger partial charge in [-0.15, -0.1) is 0 Å². The van der Waals surface area contributed by atoms with Gasteiger partial charge in [0.05, 0.1) is 5.92 Å². The Hall–Kier alpha value is -1.51. The zero-order valence-electron chi connectivity index (χ0n) is 10.9. The summed E-state index contributed by atoms with van der Waals surface area (Å²) in [7, 11) is 0. The van der Waals surface area contributed by atoms with Crippen molar-refractivity contribution in [2.45, 2.75) is 33.1 Å². The summed E-state index contributed by atoms with van der Waals surface area (Å²) in [5, 5.41) is 8.76. The van der Waals surface area contributed by atoms with Gasteiger partial charge in [0.15, 0.2) is 0 Å². The lowest BCUT2D eigenvalue weighted by atomic mass is 9.87. The largest absolute Gasteiger partial charge is 0.493 e. The van der Waals surface area contributed by atoms with Crippen molar-refractivity contribution in [3.63, 3.8) is 0 Å². The van der Waals surface area contributed by atoms with Gasteiger partial charge in [-0.05, 0) is 30.0 Å². The molecule has 0 aromatic heterocycles. The quantitative estimate of drug-likeness (QED) is 0.873. The van der Waals surface area contributed by atoms with Crippen LogP contribution in [-0.2, 0) is 10.2 Å². The maximum absolute atomic E-state index is 10.7. The molecule has 0 saturated heterocycles. The lowest BCUT2D eigenvalue weighted by Gasteiger charge is -2.20. The monoisotopic (exact) mass is 236 g/mol. The van der Waals surface area contributed by atoms with Crippen molar-refractivity contribution in [3.8, 4) is 5.75 Å². The van der Waals surface area contributed by atoms with E-state index < -0.39 is 11.9 Å². The predicted octanol–water partition coefficient (Wildman–Crippen LogP) is 3.08. The second kappa shape index (κ2) is 5.21. The third kappa shape index (κ3) is 4.10. The normalized spacial score (nSPS) is 13.2. The van der Waals surface area contributed by atoms with Gasteiger partial charge in [0, 0.05) is 0 Å². The number of ether oxygens (including phenoxy) is 1. The summed E-state index contributed by atoms with van der Waals surface area (Å²) >= 11 is 0. The van der Waals surface area contributed by atoms with Crippen LogP contribution in [0.2, 0.25) is 0 Å². The van der Waals surface area contributed by atoms with E-state index in [1.54, 1.807) is 6.92 Å². The summed E-state index contributed by atoms with van der Waals surface area (Å²) in [6.45, 7) is 8.23. The van der Waals surface area contributed by atoms with Gasteiger partial charge < -0.3 is 9.84 Å².